The van der Waals surface area contributed by atoms with Crippen molar-refractivity contribution in [2.24, 2.45) is 0 Å². The quantitative estimate of drug-likeness (QED) is 0.622. The molecule has 1 saturated heterocycles. The maximum absolute atomic E-state index is 12.9. The second-order valence-corrected chi connectivity index (χ2v) is 10.5. The Hall–Kier alpha value is -3.40. The lowest BCUT2D eigenvalue weighted by molar-refractivity contribution is -0.129. The highest BCUT2D eigenvalue weighted by atomic mass is 16.2. The van der Waals surface area contributed by atoms with Crippen molar-refractivity contribution in [3.05, 3.63) is 41.6 Å². The van der Waals surface area contributed by atoms with Gasteiger partial charge in [-0.3, -0.25) is 9.59 Å². The molecule has 10 heteroatoms. The van der Waals surface area contributed by atoms with Crippen LogP contribution in [0.5, 0.6) is 0 Å². The first-order valence-corrected chi connectivity index (χ1v) is 13.4. The summed E-state index contributed by atoms with van der Waals surface area (Å²) in [7, 11) is 5.65. The summed E-state index contributed by atoms with van der Waals surface area (Å²) in [5.41, 5.74) is 2.42. The van der Waals surface area contributed by atoms with Gasteiger partial charge < -0.3 is 29.9 Å². The van der Waals surface area contributed by atoms with E-state index < -0.39 is 0 Å². The number of dihydropyridines is 1. The molecule has 37 heavy (non-hydrogen) atoms. The zero-order chi connectivity index (χ0) is 26.1. The monoisotopic (exact) mass is 506 g/mol. The van der Waals surface area contributed by atoms with Gasteiger partial charge in [0.05, 0.1) is 6.54 Å². The van der Waals surface area contributed by atoms with Crippen molar-refractivity contribution in [2.45, 2.75) is 57.5 Å². The average molecular weight is 507 g/mol. The number of hydrogen-bond acceptors (Lipinski definition) is 7. The van der Waals surface area contributed by atoms with Crippen molar-refractivity contribution in [3.8, 4) is 0 Å². The lowest BCUT2D eigenvalue weighted by atomic mass is 10.1. The van der Waals surface area contributed by atoms with Crippen molar-refractivity contribution in [1.29, 1.82) is 0 Å². The van der Waals surface area contributed by atoms with Crippen molar-refractivity contribution in [1.82, 2.24) is 34.6 Å². The van der Waals surface area contributed by atoms with Gasteiger partial charge in [-0.05, 0) is 44.5 Å². The predicted molar refractivity (Wildman–Crippen MR) is 144 cm³/mol. The van der Waals surface area contributed by atoms with E-state index in [0.29, 0.717) is 37.2 Å². The van der Waals surface area contributed by atoms with Crippen LogP contribution >= 0.6 is 0 Å². The number of carbonyl (C=O) groups is 2. The minimum Gasteiger partial charge on any atom is -0.366 e. The molecule has 5 rings (SSSR count). The molecule has 0 bridgehead atoms. The van der Waals surface area contributed by atoms with Gasteiger partial charge in [-0.15, -0.1) is 0 Å². The lowest BCUT2D eigenvalue weighted by Crippen LogP contribution is -2.38. The normalized spacial score (nSPS) is 21.5. The minimum absolute atomic E-state index is 0.0201. The van der Waals surface area contributed by atoms with Crippen LogP contribution in [0.2, 0.25) is 0 Å². The standard InChI is InChI=1S/C27H38N8O2/c1-5-19-15-24(36)34(13-12-33(19)4)21-10-11-23(28-17-21)30-27-29-16-18-14-22(26(37)32(2)3)35(25(18)31-27)20-8-6-7-9-20/h10-11,14,16,19-20,28H,5-9,12-13,15,17H2,1-4H3,(H,29,30,31)/t19-/m0/s1. The van der Waals surface area contributed by atoms with Gasteiger partial charge in [0.25, 0.3) is 5.91 Å². The first kappa shape index (κ1) is 25.3. The van der Waals surface area contributed by atoms with Gasteiger partial charge in [-0.25, -0.2) is 4.98 Å². The van der Waals surface area contributed by atoms with E-state index in [0.717, 1.165) is 61.2 Å². The van der Waals surface area contributed by atoms with E-state index in [1.165, 1.54) is 0 Å². The Labute approximate surface area is 218 Å². The number of carbonyl (C=O) groups excluding carboxylic acids is 2. The molecule has 1 aliphatic carbocycles. The van der Waals surface area contributed by atoms with E-state index in [4.69, 9.17) is 4.98 Å². The number of hydrogen-bond donors (Lipinski definition) is 2. The molecule has 3 aliphatic rings. The van der Waals surface area contributed by atoms with Crippen molar-refractivity contribution < 1.29 is 9.59 Å². The predicted octanol–water partition coefficient (Wildman–Crippen LogP) is 2.93. The zero-order valence-electron chi connectivity index (χ0n) is 22.3. The summed E-state index contributed by atoms with van der Waals surface area (Å²) in [5.74, 6) is 1.41. The summed E-state index contributed by atoms with van der Waals surface area (Å²) in [6, 6.07) is 2.48. The molecule has 4 heterocycles. The maximum Gasteiger partial charge on any atom is 0.270 e. The minimum atomic E-state index is -0.0201. The summed E-state index contributed by atoms with van der Waals surface area (Å²) in [5, 5.41) is 7.53. The van der Waals surface area contributed by atoms with Gasteiger partial charge >= 0.3 is 0 Å². The fourth-order valence-electron chi connectivity index (χ4n) is 5.66. The van der Waals surface area contributed by atoms with Gasteiger partial charge in [0.2, 0.25) is 11.9 Å². The van der Waals surface area contributed by atoms with Crippen molar-refractivity contribution in [2.75, 3.05) is 46.1 Å². The van der Waals surface area contributed by atoms with E-state index in [2.05, 4.69) is 39.1 Å². The fourth-order valence-corrected chi connectivity index (χ4v) is 5.66. The Morgan fingerprint density at radius 3 is 2.68 bits per heavy atom. The molecule has 2 aromatic rings. The SMILES string of the molecule is CC[C@H]1CC(=O)N(C2=CC=C(Nc3ncc4cc(C(=O)N(C)C)n(C5CCCC5)c4n3)NC2)CCN1C. The molecule has 1 atom stereocenters. The summed E-state index contributed by atoms with van der Waals surface area (Å²) in [6.45, 7) is 4.25. The van der Waals surface area contributed by atoms with Crippen LogP contribution in [0.25, 0.3) is 11.0 Å². The topological polar surface area (TPSA) is 98.6 Å². The number of aromatic nitrogens is 3. The van der Waals surface area contributed by atoms with E-state index in [1.54, 1.807) is 25.2 Å². The number of anilines is 1. The highest BCUT2D eigenvalue weighted by Crippen LogP contribution is 2.34. The largest absolute Gasteiger partial charge is 0.366 e. The number of nitrogens with one attached hydrogen (secondary N) is 2. The zero-order valence-corrected chi connectivity index (χ0v) is 22.3. The smallest absolute Gasteiger partial charge is 0.270 e. The van der Waals surface area contributed by atoms with Crippen LogP contribution < -0.4 is 10.6 Å². The van der Waals surface area contributed by atoms with Crippen LogP contribution in [0.15, 0.2) is 35.9 Å². The molecular formula is C27H38N8O2. The molecule has 2 aliphatic heterocycles. The summed E-state index contributed by atoms with van der Waals surface area (Å²) >= 11 is 0. The average Bonchev–Trinajstić information content (AvgIpc) is 3.52. The molecule has 198 valence electrons. The highest BCUT2D eigenvalue weighted by Gasteiger charge is 2.29. The summed E-state index contributed by atoms with van der Waals surface area (Å²) in [6.07, 6.45) is 11.7. The number of amides is 2. The Morgan fingerprint density at radius 2 is 2.00 bits per heavy atom. The molecule has 1 saturated carbocycles. The summed E-state index contributed by atoms with van der Waals surface area (Å²) < 4.78 is 2.11. The molecule has 2 amide bonds. The van der Waals surface area contributed by atoms with Gasteiger partial charge in [-0.1, -0.05) is 19.8 Å². The van der Waals surface area contributed by atoms with Crippen LogP contribution in [-0.2, 0) is 4.79 Å². The molecule has 10 nitrogen and oxygen atoms in total. The number of nitrogens with zero attached hydrogens (tertiary/aromatic N) is 6. The summed E-state index contributed by atoms with van der Waals surface area (Å²) in [4.78, 5) is 41.0. The van der Waals surface area contributed by atoms with E-state index in [9.17, 15) is 9.59 Å². The molecule has 0 aromatic carbocycles. The number of fused-ring (bicyclic) bond motifs is 1. The van der Waals surface area contributed by atoms with Crippen molar-refractivity contribution in [3.63, 3.8) is 0 Å². The third kappa shape index (κ3) is 5.07. The van der Waals surface area contributed by atoms with Crippen LogP contribution in [0.1, 0.15) is 62.0 Å². The van der Waals surface area contributed by atoms with Crippen LogP contribution in [0.4, 0.5) is 5.95 Å². The van der Waals surface area contributed by atoms with E-state index in [1.807, 2.05) is 23.1 Å². The first-order chi connectivity index (χ1) is 17.9. The second-order valence-electron chi connectivity index (χ2n) is 10.5. The molecule has 2 N–H and O–H groups in total. The fraction of sp³-hybridized carbons (Fsp3) is 0.556. The van der Waals surface area contributed by atoms with Gasteiger partial charge in [0.1, 0.15) is 17.2 Å². The number of rotatable bonds is 6. The maximum atomic E-state index is 12.9. The Kier molecular flexibility index (Phi) is 7.19. The van der Waals surface area contributed by atoms with Crippen molar-refractivity contribution >= 4 is 28.8 Å². The highest BCUT2D eigenvalue weighted by molar-refractivity contribution is 5.97. The van der Waals surface area contributed by atoms with E-state index >= 15 is 0 Å². The molecule has 0 spiro atoms. The van der Waals surface area contributed by atoms with Crippen LogP contribution in [-0.4, -0.2) is 87.9 Å². The molecular weight excluding hydrogens is 468 g/mol. The number of allylic oxidation sites excluding steroid dienone is 2. The Bertz CT molecular complexity index is 1240. The lowest BCUT2D eigenvalue weighted by Gasteiger charge is -2.27. The molecule has 0 unspecified atom stereocenters. The Morgan fingerprint density at radius 1 is 1.22 bits per heavy atom. The molecule has 0 radical (unpaired) electrons. The Balaban J connectivity index is 1.37. The van der Waals surface area contributed by atoms with Gasteiger partial charge in [0, 0.05) is 63.0 Å². The molecule has 2 aromatic heterocycles. The second kappa shape index (κ2) is 10.5. The van der Waals surface area contributed by atoms with Gasteiger partial charge in [0.15, 0.2) is 0 Å². The van der Waals surface area contributed by atoms with Crippen LogP contribution in [0.3, 0.4) is 0 Å². The van der Waals surface area contributed by atoms with Crippen LogP contribution in [0, 0.1) is 0 Å². The number of likely N-dealkylation sites (N-methyl/N-ethyl adjacent to an activating group) is 1. The third-order valence-electron chi connectivity index (χ3n) is 7.87. The molecule has 2 fully saturated rings. The van der Waals surface area contributed by atoms with Gasteiger partial charge in [-0.2, -0.15) is 4.98 Å². The van der Waals surface area contributed by atoms with E-state index in [-0.39, 0.29) is 17.9 Å². The first-order valence-electron chi connectivity index (χ1n) is 13.4. The third-order valence-corrected chi connectivity index (χ3v) is 7.87.